The summed E-state index contributed by atoms with van der Waals surface area (Å²) in [7, 11) is 0.211. The van der Waals surface area contributed by atoms with Crippen LogP contribution in [0, 0.1) is 79.8 Å². The highest BCUT2D eigenvalue weighted by atomic mass is 16.6. The molecule has 20 atom stereocenters. The van der Waals surface area contributed by atoms with E-state index in [0.29, 0.717) is 85.5 Å². The maximum absolute atomic E-state index is 13.0. The first-order valence-electron chi connectivity index (χ1n) is 29.1. The zero-order valence-corrected chi connectivity index (χ0v) is 48.3. The Hall–Kier alpha value is -3.26. The third kappa shape index (κ3) is 9.59. The van der Waals surface area contributed by atoms with Gasteiger partial charge in [-0.3, -0.25) is 9.59 Å². The summed E-state index contributed by atoms with van der Waals surface area (Å²) in [6.07, 6.45) is 12.6. The fourth-order valence-electron chi connectivity index (χ4n) is 20.2. The summed E-state index contributed by atoms with van der Waals surface area (Å²) in [4.78, 5) is 51.4. The average molecular weight is 1040 g/mol. The quantitative estimate of drug-likeness (QED) is 0.0559. The number of fused-ring (bicyclic) bond motifs is 10. The molecule has 0 heterocycles. The molecule has 8 fully saturated rings. The first kappa shape index (κ1) is 57.9. The SMILES string of the molecule is CC(=O)OC1CC2(C)C(CC(O)C3C4(C)CCC(OBOC5CCC6(C)C(CCC7(C)C6C(O)CC6/C(=C(\CCC=C(C)C)C(=O)O)C(OC(C)=O)CC67C)C5C)C(C)C4CCC32C)/C1=C(\CCC=C(C)C)C(=O)O. The first-order chi connectivity index (χ1) is 35.0. The van der Waals surface area contributed by atoms with Gasteiger partial charge in [0.05, 0.1) is 12.2 Å². The van der Waals surface area contributed by atoms with Gasteiger partial charge >= 0.3 is 31.6 Å². The molecule has 8 rings (SSSR count). The van der Waals surface area contributed by atoms with Gasteiger partial charge < -0.3 is 39.2 Å². The van der Waals surface area contributed by atoms with Crippen molar-refractivity contribution in [3.8, 4) is 0 Å². The van der Waals surface area contributed by atoms with Crippen LogP contribution in [0.5, 0.6) is 0 Å². The molecule has 418 valence electrons. The average Bonchev–Trinajstić information content (AvgIpc) is 3.73. The molecule has 75 heavy (non-hydrogen) atoms. The van der Waals surface area contributed by atoms with E-state index < -0.39 is 48.3 Å². The molecule has 13 heteroatoms. The number of aliphatic hydroxyl groups excluding tert-OH is 2. The van der Waals surface area contributed by atoms with Crippen LogP contribution >= 0.6 is 0 Å². The van der Waals surface area contributed by atoms with Gasteiger partial charge in [-0.2, -0.15) is 0 Å². The Morgan fingerprint density at radius 3 is 1.24 bits per heavy atom. The predicted molar refractivity (Wildman–Crippen MR) is 290 cm³/mol. The van der Waals surface area contributed by atoms with Crippen molar-refractivity contribution in [1.29, 1.82) is 0 Å². The van der Waals surface area contributed by atoms with Crippen LogP contribution < -0.4 is 0 Å². The summed E-state index contributed by atoms with van der Waals surface area (Å²) in [5.41, 5.74) is 2.56. The minimum atomic E-state index is -0.970. The van der Waals surface area contributed by atoms with Crippen LogP contribution in [-0.4, -0.2) is 88.6 Å². The molecule has 4 N–H and O–H groups in total. The van der Waals surface area contributed by atoms with E-state index in [9.17, 15) is 39.6 Å². The van der Waals surface area contributed by atoms with E-state index in [4.69, 9.17) is 18.8 Å². The van der Waals surface area contributed by atoms with E-state index in [1.54, 1.807) is 0 Å². The number of esters is 2. The summed E-state index contributed by atoms with van der Waals surface area (Å²) in [6, 6.07) is 0. The van der Waals surface area contributed by atoms with Gasteiger partial charge in [0.1, 0.15) is 12.2 Å². The lowest BCUT2D eigenvalue weighted by Crippen LogP contribution is -2.66. The molecule has 8 aliphatic carbocycles. The van der Waals surface area contributed by atoms with Crippen molar-refractivity contribution < 1.29 is 58.4 Å². The van der Waals surface area contributed by atoms with Crippen LogP contribution in [0.3, 0.4) is 0 Å². The minimum absolute atomic E-state index is 0.00505. The fraction of sp³-hybridized carbons (Fsp3) is 0.806. The van der Waals surface area contributed by atoms with Gasteiger partial charge in [-0.15, -0.1) is 0 Å². The van der Waals surface area contributed by atoms with Gasteiger partial charge in [-0.05, 0) is 221 Å². The molecule has 0 spiro atoms. The Bertz CT molecular complexity index is 2200. The largest absolute Gasteiger partial charge is 0.478 e. The van der Waals surface area contributed by atoms with Gasteiger partial charge in [0.25, 0.3) is 0 Å². The zero-order valence-electron chi connectivity index (χ0n) is 48.3. The molecule has 0 radical (unpaired) electrons. The van der Waals surface area contributed by atoms with Crippen molar-refractivity contribution in [2.75, 3.05) is 0 Å². The van der Waals surface area contributed by atoms with Crippen molar-refractivity contribution in [2.45, 2.75) is 236 Å². The lowest BCUT2D eigenvalue weighted by Gasteiger charge is -2.69. The number of hydrogen-bond donors (Lipinski definition) is 4. The molecule has 8 aliphatic rings. The molecule has 0 aromatic rings. The van der Waals surface area contributed by atoms with Crippen LogP contribution in [0.1, 0.15) is 200 Å². The molecule has 0 aromatic carbocycles. The fourth-order valence-corrected chi connectivity index (χ4v) is 20.2. The first-order valence-corrected chi connectivity index (χ1v) is 29.1. The van der Waals surface area contributed by atoms with Gasteiger partial charge in [-0.1, -0.05) is 78.7 Å². The summed E-state index contributed by atoms with van der Waals surface area (Å²) in [5.74, 6) is -2.16. The second-order valence-electron chi connectivity index (χ2n) is 27.7. The Morgan fingerprint density at radius 1 is 0.560 bits per heavy atom. The second kappa shape index (κ2) is 21.1. The van der Waals surface area contributed by atoms with Gasteiger partial charge in [0.15, 0.2) is 0 Å². The number of carboxylic acids is 2. The highest BCUT2D eigenvalue weighted by molar-refractivity contribution is 6.18. The maximum atomic E-state index is 13.0. The van der Waals surface area contributed by atoms with E-state index in [2.05, 4.69) is 67.5 Å². The van der Waals surface area contributed by atoms with Crippen LogP contribution in [0.2, 0.25) is 0 Å². The topological polar surface area (TPSA) is 186 Å². The summed E-state index contributed by atoms with van der Waals surface area (Å²) >= 11 is 0. The Balaban J connectivity index is 0.948. The van der Waals surface area contributed by atoms with E-state index in [-0.39, 0.29) is 87.9 Å². The second-order valence-corrected chi connectivity index (χ2v) is 27.7. The smallest absolute Gasteiger partial charge is 0.438 e. The Kier molecular flexibility index (Phi) is 16.3. The van der Waals surface area contributed by atoms with Crippen molar-refractivity contribution in [3.63, 3.8) is 0 Å². The number of carbonyl (C=O) groups is 4. The highest BCUT2D eigenvalue weighted by Gasteiger charge is 2.73. The monoisotopic (exact) mass is 1040 g/mol. The van der Waals surface area contributed by atoms with Crippen molar-refractivity contribution in [2.24, 2.45) is 79.8 Å². The number of rotatable bonds is 14. The molecule has 0 saturated heterocycles. The van der Waals surface area contributed by atoms with Crippen molar-refractivity contribution >= 4 is 31.6 Å². The van der Waals surface area contributed by atoms with Gasteiger partial charge in [0.2, 0.25) is 0 Å². The van der Waals surface area contributed by atoms with E-state index in [0.717, 1.165) is 62.5 Å². The Morgan fingerprint density at radius 2 is 0.920 bits per heavy atom. The van der Waals surface area contributed by atoms with Gasteiger partial charge in [-0.25, -0.2) is 9.59 Å². The number of aliphatic carboxylic acids is 2. The van der Waals surface area contributed by atoms with E-state index in [1.165, 1.54) is 13.8 Å². The molecule has 0 aliphatic heterocycles. The number of aliphatic hydroxyl groups is 2. The maximum Gasteiger partial charge on any atom is 0.438 e. The van der Waals surface area contributed by atoms with Crippen LogP contribution in [0.15, 0.2) is 45.6 Å². The van der Waals surface area contributed by atoms with Crippen molar-refractivity contribution in [1.82, 2.24) is 0 Å². The third-order valence-electron chi connectivity index (χ3n) is 23.6. The molecular formula is C62H95BO12. The summed E-state index contributed by atoms with van der Waals surface area (Å²) < 4.78 is 25.7. The summed E-state index contributed by atoms with van der Waals surface area (Å²) in [5, 5.41) is 46.4. The lowest BCUT2D eigenvalue weighted by atomic mass is 9.36. The molecule has 0 amide bonds. The van der Waals surface area contributed by atoms with Crippen molar-refractivity contribution in [3.05, 3.63) is 45.6 Å². The molecule has 0 aromatic heterocycles. The Labute approximate surface area is 450 Å². The number of ether oxygens (including phenoxy) is 2. The predicted octanol–water partition coefficient (Wildman–Crippen LogP) is 11.7. The zero-order chi connectivity index (χ0) is 55.1. The lowest BCUT2D eigenvalue weighted by molar-refractivity contribution is -0.235. The summed E-state index contributed by atoms with van der Waals surface area (Å²) in [6.45, 7) is 29.6. The molecule has 8 saturated carbocycles. The van der Waals surface area contributed by atoms with Gasteiger partial charge in [0, 0.05) is 37.2 Å². The third-order valence-corrected chi connectivity index (χ3v) is 23.6. The minimum Gasteiger partial charge on any atom is -0.478 e. The standard InChI is InChI=1S/C62H95BO12/c1-33(2)17-15-19-39(55(68)69)51-43-29-45(66)53-57(9)25-23-47(35(5)41(57)21-27-59(53,11)61(43,13)31-49(51)72-37(7)64)74-63-75-48-24-26-58(10)42(36(48)6)22-28-60(12)54(58)46(67)30-44-52(40(56(70)71)20-16-18-34(3)4)50(73-38(8)65)32-62(44,60)14/h17-18,35-36,41-50,53-54,63,66-67H,15-16,19-32H2,1-14H3,(H,68,69)(H,70,71)/b51-39-,52-40-. The molecule has 0 bridgehead atoms. The van der Waals surface area contributed by atoms with Crippen LogP contribution in [-0.2, 0) is 38.0 Å². The van der Waals surface area contributed by atoms with E-state index >= 15 is 0 Å². The number of carbonyl (C=O) groups excluding carboxylic acids is 2. The van der Waals surface area contributed by atoms with E-state index in [1.807, 2.05) is 27.7 Å². The number of hydrogen-bond acceptors (Lipinski definition) is 10. The normalized spacial score (nSPS) is 46.0. The van der Waals surface area contributed by atoms with Crippen LogP contribution in [0.25, 0.3) is 0 Å². The van der Waals surface area contributed by atoms with Crippen LogP contribution in [0.4, 0.5) is 0 Å². The highest BCUT2D eigenvalue weighted by Crippen LogP contribution is 2.76. The number of allylic oxidation sites excluding steroid dienone is 4. The molecule has 12 nitrogen and oxygen atoms in total. The number of carboxylic acid groups (broad SMARTS) is 2. The molecular weight excluding hydrogens is 947 g/mol. The molecule has 20 unspecified atom stereocenters.